The third kappa shape index (κ3) is 2.38. The van der Waals surface area contributed by atoms with Crippen molar-refractivity contribution in [3.8, 4) is 17.2 Å². The molecule has 0 spiro atoms. The lowest BCUT2D eigenvalue weighted by molar-refractivity contribution is 0.391. The van der Waals surface area contributed by atoms with E-state index >= 15 is 0 Å². The van der Waals surface area contributed by atoms with Crippen molar-refractivity contribution in [2.75, 3.05) is 12.4 Å². The van der Waals surface area contributed by atoms with Gasteiger partial charge in [-0.05, 0) is 0 Å². The Morgan fingerprint density at radius 3 is 2.90 bits per heavy atom. The van der Waals surface area contributed by atoms with Gasteiger partial charge in [0.15, 0.2) is 11.5 Å². The van der Waals surface area contributed by atoms with Gasteiger partial charge in [0.1, 0.15) is 29.1 Å². The van der Waals surface area contributed by atoms with Gasteiger partial charge in [-0.1, -0.05) is 0 Å². The van der Waals surface area contributed by atoms with Crippen molar-refractivity contribution >= 4 is 17.0 Å². The molecule has 0 radical (unpaired) electrons. The van der Waals surface area contributed by atoms with E-state index in [1.807, 2.05) is 0 Å². The summed E-state index contributed by atoms with van der Waals surface area (Å²) >= 11 is 0. The summed E-state index contributed by atoms with van der Waals surface area (Å²) in [6, 6.07) is 2.69. The monoisotopic (exact) mass is 287 g/mol. The number of anilines is 1. The highest BCUT2D eigenvalue weighted by molar-refractivity contribution is 5.81. The molecule has 2 heterocycles. The number of methoxy groups -OCH3 is 1. The lowest BCUT2D eigenvalue weighted by Gasteiger charge is -2.12. The molecule has 3 aromatic rings. The van der Waals surface area contributed by atoms with Crippen molar-refractivity contribution in [1.29, 1.82) is 0 Å². The van der Waals surface area contributed by atoms with Crippen LogP contribution in [0.25, 0.3) is 11.2 Å². The molecule has 4 N–H and O–H groups in total. The highest BCUT2D eigenvalue weighted by Crippen LogP contribution is 2.33. The number of imidazole rings is 1. The average molecular weight is 287 g/mol. The van der Waals surface area contributed by atoms with E-state index in [2.05, 4.69) is 25.3 Å². The number of aromatic nitrogens is 4. The molecule has 0 aliphatic carbocycles. The van der Waals surface area contributed by atoms with E-state index in [0.717, 1.165) is 0 Å². The van der Waals surface area contributed by atoms with Crippen LogP contribution >= 0.6 is 0 Å². The molecule has 0 aliphatic heterocycles. The number of hydrogen-bond donors (Lipinski definition) is 4. The molecule has 0 bridgehead atoms. The van der Waals surface area contributed by atoms with Crippen LogP contribution in [0, 0.1) is 0 Å². The Morgan fingerprint density at radius 1 is 1.24 bits per heavy atom. The second kappa shape index (κ2) is 5.16. The van der Waals surface area contributed by atoms with Crippen LogP contribution in [0.3, 0.4) is 0 Å². The number of fused-ring (bicyclic) bond motifs is 1. The first-order chi connectivity index (χ1) is 10.2. The number of phenols is 2. The van der Waals surface area contributed by atoms with Crippen molar-refractivity contribution in [3.05, 3.63) is 30.4 Å². The Morgan fingerprint density at radius 2 is 2.10 bits per heavy atom. The van der Waals surface area contributed by atoms with Crippen LogP contribution in [0.15, 0.2) is 24.8 Å². The maximum absolute atomic E-state index is 9.92. The van der Waals surface area contributed by atoms with E-state index in [4.69, 9.17) is 4.74 Å². The van der Waals surface area contributed by atoms with Gasteiger partial charge in [0.2, 0.25) is 0 Å². The number of hydrogen-bond acceptors (Lipinski definition) is 7. The van der Waals surface area contributed by atoms with Crippen LogP contribution < -0.4 is 10.1 Å². The van der Waals surface area contributed by atoms with Gasteiger partial charge >= 0.3 is 0 Å². The fraction of sp³-hybridized carbons (Fsp3) is 0.154. The van der Waals surface area contributed by atoms with Crippen molar-refractivity contribution in [2.24, 2.45) is 0 Å². The smallest absolute Gasteiger partial charge is 0.182 e. The zero-order valence-electron chi connectivity index (χ0n) is 11.2. The normalized spacial score (nSPS) is 10.7. The van der Waals surface area contributed by atoms with Crippen LogP contribution in [-0.4, -0.2) is 37.3 Å². The summed E-state index contributed by atoms with van der Waals surface area (Å²) in [4.78, 5) is 15.1. The molecular formula is C13H13N5O3. The number of aromatic amines is 1. The minimum Gasteiger partial charge on any atom is -0.508 e. The van der Waals surface area contributed by atoms with E-state index in [1.165, 1.54) is 31.9 Å². The molecule has 0 aliphatic rings. The quantitative estimate of drug-likeness (QED) is 0.573. The molecule has 0 unspecified atom stereocenters. The van der Waals surface area contributed by atoms with Crippen LogP contribution in [0.4, 0.5) is 5.82 Å². The van der Waals surface area contributed by atoms with Crippen LogP contribution in [0.1, 0.15) is 5.56 Å². The predicted molar refractivity (Wildman–Crippen MR) is 75.3 cm³/mol. The number of nitrogens with zero attached hydrogens (tertiary/aromatic N) is 3. The van der Waals surface area contributed by atoms with Crippen molar-refractivity contribution in [1.82, 2.24) is 19.9 Å². The summed E-state index contributed by atoms with van der Waals surface area (Å²) in [7, 11) is 1.47. The summed E-state index contributed by atoms with van der Waals surface area (Å²) < 4.78 is 5.15. The predicted octanol–water partition coefficient (Wildman–Crippen LogP) is 1.38. The fourth-order valence-electron chi connectivity index (χ4n) is 2.05. The lowest BCUT2D eigenvalue weighted by atomic mass is 10.1. The molecule has 8 nitrogen and oxygen atoms in total. The summed E-state index contributed by atoms with van der Waals surface area (Å²) in [5.41, 5.74) is 1.74. The molecule has 0 saturated heterocycles. The number of H-pyrrole nitrogens is 1. The molecule has 21 heavy (non-hydrogen) atoms. The van der Waals surface area contributed by atoms with Gasteiger partial charge in [-0.25, -0.2) is 15.0 Å². The maximum atomic E-state index is 9.92. The van der Waals surface area contributed by atoms with Gasteiger partial charge in [-0.2, -0.15) is 0 Å². The van der Waals surface area contributed by atoms with Gasteiger partial charge < -0.3 is 25.3 Å². The first kappa shape index (κ1) is 13.0. The van der Waals surface area contributed by atoms with Gasteiger partial charge in [0.25, 0.3) is 0 Å². The molecule has 2 aromatic heterocycles. The largest absolute Gasteiger partial charge is 0.508 e. The standard InChI is InChI=1S/C13H13N5O3/c1-21-10-3-7(19)2-9(20)8(10)4-14-12-11-13(16-5-15-11)18-6-17-12/h2-3,5-6,19-20H,4H2,1H3,(H2,14,15,16,17,18). The second-order valence-electron chi connectivity index (χ2n) is 4.32. The van der Waals surface area contributed by atoms with Gasteiger partial charge in [-0.15, -0.1) is 0 Å². The third-order valence-corrected chi connectivity index (χ3v) is 3.05. The van der Waals surface area contributed by atoms with Crippen LogP contribution in [-0.2, 0) is 6.54 Å². The number of phenolic OH excluding ortho intramolecular Hbond substituents is 2. The number of rotatable bonds is 4. The Kier molecular flexibility index (Phi) is 3.19. The van der Waals surface area contributed by atoms with Crippen LogP contribution in [0.5, 0.6) is 17.2 Å². The molecular weight excluding hydrogens is 274 g/mol. The summed E-state index contributed by atoms with van der Waals surface area (Å²) in [5, 5.41) is 22.5. The number of ether oxygens (including phenoxy) is 1. The summed E-state index contributed by atoms with van der Waals surface area (Å²) in [6.07, 6.45) is 2.93. The van der Waals surface area contributed by atoms with E-state index in [0.29, 0.717) is 28.3 Å². The molecule has 8 heteroatoms. The van der Waals surface area contributed by atoms with E-state index < -0.39 is 0 Å². The maximum Gasteiger partial charge on any atom is 0.182 e. The van der Waals surface area contributed by atoms with Crippen LogP contribution in [0.2, 0.25) is 0 Å². The van der Waals surface area contributed by atoms with Crippen molar-refractivity contribution in [3.63, 3.8) is 0 Å². The molecule has 3 rings (SSSR count). The zero-order chi connectivity index (χ0) is 14.8. The topological polar surface area (TPSA) is 116 Å². The molecule has 108 valence electrons. The highest BCUT2D eigenvalue weighted by atomic mass is 16.5. The summed E-state index contributed by atoms with van der Waals surface area (Å²) in [6.45, 7) is 0.264. The Balaban J connectivity index is 1.90. The van der Waals surface area contributed by atoms with E-state index in [1.54, 1.807) is 0 Å². The minimum absolute atomic E-state index is 0.0609. The summed E-state index contributed by atoms with van der Waals surface area (Å²) in [5.74, 6) is 0.822. The molecule has 0 amide bonds. The van der Waals surface area contributed by atoms with Crippen molar-refractivity contribution < 1.29 is 14.9 Å². The van der Waals surface area contributed by atoms with E-state index in [-0.39, 0.29) is 18.0 Å². The number of benzene rings is 1. The Bertz CT molecular complexity index is 787. The Hall–Kier alpha value is -3.03. The average Bonchev–Trinajstić information content (AvgIpc) is 2.94. The minimum atomic E-state index is -0.0638. The Labute approximate surface area is 119 Å². The van der Waals surface area contributed by atoms with Gasteiger partial charge in [-0.3, -0.25) is 0 Å². The van der Waals surface area contributed by atoms with E-state index in [9.17, 15) is 10.2 Å². The SMILES string of the molecule is COc1cc(O)cc(O)c1CNc1ncnc2nc[nH]c12. The van der Waals surface area contributed by atoms with Crippen molar-refractivity contribution in [2.45, 2.75) is 6.54 Å². The molecule has 0 saturated carbocycles. The highest BCUT2D eigenvalue weighted by Gasteiger charge is 2.12. The fourth-order valence-corrected chi connectivity index (χ4v) is 2.05. The van der Waals surface area contributed by atoms with Gasteiger partial charge in [0.05, 0.1) is 19.0 Å². The first-order valence-electron chi connectivity index (χ1n) is 6.16. The molecule has 0 fully saturated rings. The molecule has 1 aromatic carbocycles. The molecule has 0 atom stereocenters. The first-order valence-corrected chi connectivity index (χ1v) is 6.16. The zero-order valence-corrected chi connectivity index (χ0v) is 11.2. The second-order valence-corrected chi connectivity index (χ2v) is 4.32. The lowest BCUT2D eigenvalue weighted by Crippen LogP contribution is -2.04. The third-order valence-electron chi connectivity index (χ3n) is 3.05. The number of aromatic hydroxyl groups is 2. The van der Waals surface area contributed by atoms with Gasteiger partial charge in [0, 0.05) is 18.7 Å². The number of nitrogens with one attached hydrogen (secondary N) is 2.